The summed E-state index contributed by atoms with van der Waals surface area (Å²) < 4.78 is 23.1. The molecular weight excluding hydrogens is 1050 g/mol. The van der Waals surface area contributed by atoms with Crippen LogP contribution in [0.15, 0.2) is 158 Å². The van der Waals surface area contributed by atoms with E-state index in [-0.39, 0.29) is 80.2 Å². The first-order valence-electron chi connectivity index (χ1n) is 27.5. The summed E-state index contributed by atoms with van der Waals surface area (Å²) in [5, 5.41) is 30.5. The third-order valence-corrected chi connectivity index (χ3v) is 14.7. The number of phenolic OH excluding ortho intramolecular Hbond substituents is 1. The molecule has 7 aromatic rings. The van der Waals surface area contributed by atoms with Gasteiger partial charge < -0.3 is 54.7 Å². The van der Waals surface area contributed by atoms with E-state index < -0.39 is 41.8 Å². The van der Waals surface area contributed by atoms with Crippen LogP contribution in [0, 0.1) is 11.3 Å². The monoisotopic (exact) mass is 1120 g/mol. The average Bonchev–Trinajstić information content (AvgIpc) is 3.93. The molecule has 1 aliphatic heterocycles. The zero-order chi connectivity index (χ0) is 59.0. The van der Waals surface area contributed by atoms with Crippen molar-refractivity contribution < 1.29 is 48.0 Å². The van der Waals surface area contributed by atoms with E-state index in [9.17, 15) is 29.5 Å². The van der Waals surface area contributed by atoms with E-state index in [1.807, 2.05) is 91.0 Å². The van der Waals surface area contributed by atoms with Crippen molar-refractivity contribution in [1.82, 2.24) is 20.9 Å². The van der Waals surface area contributed by atoms with Crippen LogP contribution in [0.3, 0.4) is 0 Å². The van der Waals surface area contributed by atoms with Crippen molar-refractivity contribution in [1.29, 1.82) is 5.26 Å². The van der Waals surface area contributed by atoms with Crippen LogP contribution < -0.4 is 35.2 Å². The van der Waals surface area contributed by atoms with Crippen LogP contribution in [0.25, 0.3) is 21.9 Å². The Hall–Kier alpha value is -9.34. The molecule has 17 heteroatoms. The molecule has 1 aliphatic rings. The number of fused-ring (bicyclic) bond motifs is 2. The summed E-state index contributed by atoms with van der Waals surface area (Å²) in [6, 6.07) is 46.9. The lowest BCUT2D eigenvalue weighted by Gasteiger charge is -2.33. The number of carbonyl (C=O) groups is 5. The van der Waals surface area contributed by atoms with Gasteiger partial charge in [0.05, 0.1) is 75.1 Å². The van der Waals surface area contributed by atoms with Gasteiger partial charge in [0.25, 0.3) is 17.7 Å². The number of benzene rings is 7. The molecule has 3 atom stereocenters. The lowest BCUT2D eigenvalue weighted by Crippen LogP contribution is -2.59. The number of ether oxygens (including phenoxy) is 4. The fourth-order valence-corrected chi connectivity index (χ4v) is 9.94. The minimum Gasteiger partial charge on any atom is -0.508 e. The Labute approximate surface area is 484 Å². The zero-order valence-electron chi connectivity index (χ0n) is 47.5. The average molecular weight is 1120 g/mol. The molecule has 0 bridgehead atoms. The van der Waals surface area contributed by atoms with Crippen LogP contribution in [-0.2, 0) is 30.4 Å². The lowest BCUT2D eigenvalue weighted by atomic mass is 9.88. The number of rotatable bonds is 24. The summed E-state index contributed by atoms with van der Waals surface area (Å²) >= 11 is 0. The minimum atomic E-state index is -1.24. The highest BCUT2D eigenvalue weighted by Gasteiger charge is 2.43. The van der Waals surface area contributed by atoms with Crippen molar-refractivity contribution in [3.63, 3.8) is 0 Å². The second-order valence-corrected chi connectivity index (χ2v) is 19.9. The number of carbonyl (C=O) groups excluding carboxylic acids is 5. The maximum absolute atomic E-state index is 15.0. The smallest absolute Gasteiger partial charge is 0.258 e. The number of aromatic hydroxyl groups is 1. The van der Waals surface area contributed by atoms with E-state index in [1.54, 1.807) is 65.4 Å². The molecule has 0 fully saturated rings. The maximum Gasteiger partial charge on any atom is 0.258 e. The van der Waals surface area contributed by atoms with Gasteiger partial charge in [-0.1, -0.05) is 91.9 Å². The van der Waals surface area contributed by atoms with Gasteiger partial charge in [-0.3, -0.25) is 24.0 Å². The standard InChI is InChI=1S/C66H69N7O10/c1-7-54(46-13-9-8-10-14-46)61(48-22-27-52(74)28-23-48)49-24-29-53(30-25-49)83-36-34-71(5)60(75)42-82-38-37-81-35-33-69-64(77)50-18-20-51(21-19-50)65(78)73-44(3)62(70-63(76)43(2)68-4)66(79)72(57-31-17-45(40-67)39-58(57)73)41-56-55-16-12-11-15-47(55)26-32-59(56)80-6/h8-32,39,43-44,62,68,74H,7,33-38,41-42H2,1-6H3,(H,69,77)(H,70,76)/b61-54-/t43-,44-,62-/m0/s1. The van der Waals surface area contributed by atoms with Gasteiger partial charge in [0, 0.05) is 30.3 Å². The highest BCUT2D eigenvalue weighted by Crippen LogP contribution is 2.41. The zero-order valence-corrected chi connectivity index (χ0v) is 47.5. The number of hydrogen-bond donors (Lipinski definition) is 4. The molecule has 8 rings (SSSR count). The molecule has 0 radical (unpaired) electrons. The predicted molar refractivity (Wildman–Crippen MR) is 320 cm³/mol. The van der Waals surface area contributed by atoms with E-state index in [0.717, 1.165) is 39.5 Å². The number of anilines is 2. The normalized spacial score (nSPS) is 14.6. The van der Waals surface area contributed by atoms with E-state index >= 15 is 4.79 Å². The number of nitrogens with one attached hydrogen (secondary N) is 3. The SMILES string of the molecule is CC/C(=C(\c1ccc(O)cc1)c1ccc(OCCN(C)C(=O)COCCOCCNC(=O)c2ccc(C(=O)N3c4cc(C#N)ccc4N(Cc4c(OC)ccc5ccccc45)C(=O)[C@@H](NC(=O)[C@H](C)NC)[C@@H]3C)cc2)cc1)c1ccccc1. The van der Waals surface area contributed by atoms with Gasteiger partial charge in [-0.15, -0.1) is 0 Å². The van der Waals surface area contributed by atoms with Crippen molar-refractivity contribution in [3.8, 4) is 23.3 Å². The summed E-state index contributed by atoms with van der Waals surface area (Å²) in [6.45, 7) is 6.62. The Kier molecular flexibility index (Phi) is 20.4. The first-order chi connectivity index (χ1) is 40.2. The van der Waals surface area contributed by atoms with Crippen LogP contribution in [0.4, 0.5) is 11.4 Å². The molecule has 7 aromatic carbocycles. The van der Waals surface area contributed by atoms with Gasteiger partial charge in [-0.05, 0) is 139 Å². The Balaban J connectivity index is 0.820. The Morgan fingerprint density at radius 3 is 2.11 bits per heavy atom. The van der Waals surface area contributed by atoms with Crippen molar-refractivity contribution in [2.75, 3.05) is 77.1 Å². The number of nitrogens with zero attached hydrogens (tertiary/aromatic N) is 4. The molecule has 83 heavy (non-hydrogen) atoms. The largest absolute Gasteiger partial charge is 0.508 e. The van der Waals surface area contributed by atoms with Crippen LogP contribution >= 0.6 is 0 Å². The van der Waals surface area contributed by atoms with E-state index in [2.05, 4.69) is 41.1 Å². The molecule has 428 valence electrons. The molecule has 0 aliphatic carbocycles. The fraction of sp³-hybridized carbons (Fsp3) is 0.273. The molecule has 1 heterocycles. The topological polar surface area (TPSA) is 212 Å². The van der Waals surface area contributed by atoms with Crippen LogP contribution in [0.1, 0.15) is 75.7 Å². The molecule has 17 nitrogen and oxygen atoms in total. The van der Waals surface area contributed by atoms with Crippen LogP contribution in [0.5, 0.6) is 17.2 Å². The second-order valence-electron chi connectivity index (χ2n) is 19.9. The maximum atomic E-state index is 15.0. The summed E-state index contributed by atoms with van der Waals surface area (Å²) in [7, 11) is 4.86. The number of allylic oxidation sites excluding steroid dienone is 1. The number of methoxy groups -OCH3 is 1. The van der Waals surface area contributed by atoms with Gasteiger partial charge in [-0.2, -0.15) is 5.26 Å². The van der Waals surface area contributed by atoms with E-state index in [4.69, 9.17) is 18.9 Å². The van der Waals surface area contributed by atoms with E-state index in [0.29, 0.717) is 29.3 Å². The van der Waals surface area contributed by atoms with E-state index in [1.165, 1.54) is 44.5 Å². The Morgan fingerprint density at radius 2 is 1.42 bits per heavy atom. The summed E-state index contributed by atoms with van der Waals surface area (Å²) in [6.07, 6.45) is 0.802. The molecule has 4 N–H and O–H groups in total. The summed E-state index contributed by atoms with van der Waals surface area (Å²) in [5.41, 5.74) is 7.41. The van der Waals surface area contributed by atoms with Gasteiger partial charge in [0.15, 0.2) is 0 Å². The quantitative estimate of drug-likeness (QED) is 0.0331. The van der Waals surface area contributed by atoms with Gasteiger partial charge in [0.2, 0.25) is 11.8 Å². The van der Waals surface area contributed by atoms with Gasteiger partial charge >= 0.3 is 0 Å². The highest BCUT2D eigenvalue weighted by molar-refractivity contribution is 6.14. The Morgan fingerprint density at radius 1 is 0.759 bits per heavy atom. The fourth-order valence-electron chi connectivity index (χ4n) is 9.94. The van der Waals surface area contributed by atoms with Gasteiger partial charge in [-0.25, -0.2) is 0 Å². The number of nitriles is 1. The Bertz CT molecular complexity index is 3490. The molecule has 0 saturated carbocycles. The lowest BCUT2D eigenvalue weighted by molar-refractivity contribution is -0.135. The number of likely N-dealkylation sites (N-methyl/N-ethyl adjacent to an activating group) is 2. The van der Waals surface area contributed by atoms with Crippen molar-refractivity contribution in [3.05, 3.63) is 197 Å². The number of amides is 5. The van der Waals surface area contributed by atoms with Crippen molar-refractivity contribution in [2.24, 2.45) is 0 Å². The van der Waals surface area contributed by atoms with Crippen molar-refractivity contribution in [2.45, 2.75) is 51.9 Å². The number of phenols is 1. The highest BCUT2D eigenvalue weighted by atomic mass is 16.5. The molecule has 0 saturated heterocycles. The minimum absolute atomic E-state index is 0.00383. The first-order valence-corrected chi connectivity index (χ1v) is 27.5. The summed E-state index contributed by atoms with van der Waals surface area (Å²) in [5.74, 6) is -0.688. The van der Waals surface area contributed by atoms with Crippen molar-refractivity contribution >= 4 is 62.8 Å². The molecule has 0 spiro atoms. The van der Waals surface area contributed by atoms with Crippen LogP contribution in [0.2, 0.25) is 0 Å². The predicted octanol–water partition coefficient (Wildman–Crippen LogP) is 8.77. The molecule has 0 aromatic heterocycles. The summed E-state index contributed by atoms with van der Waals surface area (Å²) in [4.78, 5) is 74.1. The molecule has 0 unspecified atom stereocenters. The molecular formula is C66H69N7O10. The van der Waals surface area contributed by atoms with Gasteiger partial charge in [0.1, 0.15) is 36.5 Å². The third kappa shape index (κ3) is 14.4. The van der Waals surface area contributed by atoms with Crippen LogP contribution in [-0.4, -0.2) is 125 Å². The molecule has 5 amide bonds. The second kappa shape index (κ2) is 28.4. The number of hydrogen-bond acceptors (Lipinski definition) is 12. The third-order valence-electron chi connectivity index (χ3n) is 14.7. The first kappa shape index (κ1) is 59.8.